The summed E-state index contributed by atoms with van der Waals surface area (Å²) < 4.78 is 0. The molecule has 0 amide bonds. The summed E-state index contributed by atoms with van der Waals surface area (Å²) >= 11 is 0. The van der Waals surface area contributed by atoms with Gasteiger partial charge in [0.2, 0.25) is 0 Å². The Morgan fingerprint density at radius 1 is 1.29 bits per heavy atom. The molecule has 2 unspecified atom stereocenters. The Morgan fingerprint density at radius 2 is 2.04 bits per heavy atom. The molecule has 1 fully saturated rings. The number of likely N-dealkylation sites (tertiary alicyclic amines) is 1. The minimum atomic E-state index is 0.505. The predicted octanol–water partition coefficient (Wildman–Crippen LogP) is 4.83. The van der Waals surface area contributed by atoms with Crippen LogP contribution in [-0.4, -0.2) is 29.7 Å². The summed E-state index contributed by atoms with van der Waals surface area (Å²) in [6.07, 6.45) is 13.0. The smallest absolute Gasteiger partial charge is 0.0461 e. The molecular formula is C21H33N3. The molecule has 0 aromatic carbocycles. The van der Waals surface area contributed by atoms with E-state index in [1.54, 1.807) is 12.4 Å². The van der Waals surface area contributed by atoms with Crippen molar-refractivity contribution in [2.45, 2.75) is 46.1 Å². The van der Waals surface area contributed by atoms with Crippen LogP contribution in [0.3, 0.4) is 0 Å². The van der Waals surface area contributed by atoms with Crippen LogP contribution >= 0.6 is 0 Å². The molecule has 24 heavy (non-hydrogen) atoms. The maximum absolute atomic E-state index is 4.39. The molecular weight excluding hydrogens is 294 g/mol. The molecule has 3 nitrogen and oxygen atoms in total. The van der Waals surface area contributed by atoms with E-state index in [2.05, 4.69) is 54.0 Å². The van der Waals surface area contributed by atoms with E-state index in [0.29, 0.717) is 12.0 Å². The molecule has 1 N–H and O–H groups in total. The molecule has 0 spiro atoms. The van der Waals surface area contributed by atoms with Crippen molar-refractivity contribution >= 4 is 5.71 Å². The van der Waals surface area contributed by atoms with Crippen molar-refractivity contribution in [1.82, 2.24) is 10.2 Å². The second kappa shape index (κ2) is 10.7. The first-order valence-corrected chi connectivity index (χ1v) is 8.81. The highest BCUT2D eigenvalue weighted by Gasteiger charge is 2.33. The molecule has 0 bridgehead atoms. The zero-order chi connectivity index (χ0) is 17.9. The van der Waals surface area contributed by atoms with Gasteiger partial charge in [-0.15, -0.1) is 6.58 Å². The van der Waals surface area contributed by atoms with Crippen LogP contribution in [0.4, 0.5) is 0 Å². The lowest BCUT2D eigenvalue weighted by Crippen LogP contribution is -2.33. The third-order valence-electron chi connectivity index (χ3n) is 4.73. The van der Waals surface area contributed by atoms with Crippen molar-refractivity contribution in [1.29, 1.82) is 0 Å². The largest absolute Gasteiger partial charge is 0.391 e. The standard InChI is InChI=1S/C21H33N3/c1-7-11-20(17(5)23-10-4)18(6)24-16-14-19(13-15-22-9-3)21(24)12-8-2/h7-11,19,21-22H,2-4,12-16H2,1,5-6H3/b11-7-,20-18+,23-17-. The average molecular weight is 328 g/mol. The Morgan fingerprint density at radius 3 is 2.62 bits per heavy atom. The number of rotatable bonds is 10. The molecule has 0 aliphatic carbocycles. The van der Waals surface area contributed by atoms with Crippen LogP contribution in [0.15, 0.2) is 66.6 Å². The van der Waals surface area contributed by atoms with Crippen molar-refractivity contribution in [2.24, 2.45) is 10.9 Å². The summed E-state index contributed by atoms with van der Waals surface area (Å²) in [5.41, 5.74) is 3.49. The average Bonchev–Trinajstić information content (AvgIpc) is 2.96. The van der Waals surface area contributed by atoms with Crippen LogP contribution in [0, 0.1) is 5.92 Å². The Bertz CT molecular complexity index is 525. The molecule has 1 rings (SSSR count). The lowest BCUT2D eigenvalue weighted by Gasteiger charge is -2.31. The number of aliphatic imine (C=N–C) groups is 1. The SMILES string of the molecule is C=CCC1C(CCNC=C)CCN1/C(C)=C(\C=C/C)C(/C)=N\C=C. The first kappa shape index (κ1) is 20.0. The summed E-state index contributed by atoms with van der Waals surface area (Å²) in [5.74, 6) is 0.675. The zero-order valence-corrected chi connectivity index (χ0v) is 15.6. The Labute approximate surface area is 148 Å². The third kappa shape index (κ3) is 5.26. The van der Waals surface area contributed by atoms with Crippen LogP contribution in [0.1, 0.15) is 40.0 Å². The first-order chi connectivity index (χ1) is 11.6. The number of allylic oxidation sites excluding steroid dienone is 4. The Balaban J connectivity index is 3.08. The molecule has 1 saturated heterocycles. The van der Waals surface area contributed by atoms with Gasteiger partial charge in [-0.3, -0.25) is 4.99 Å². The van der Waals surface area contributed by atoms with Crippen molar-refractivity contribution < 1.29 is 0 Å². The van der Waals surface area contributed by atoms with Crippen LogP contribution in [0.5, 0.6) is 0 Å². The number of hydrogen-bond donors (Lipinski definition) is 1. The summed E-state index contributed by atoms with van der Waals surface area (Å²) in [6, 6.07) is 0.505. The molecule has 1 aliphatic rings. The van der Waals surface area contributed by atoms with E-state index < -0.39 is 0 Å². The quantitative estimate of drug-likeness (QED) is 0.269. The molecule has 132 valence electrons. The summed E-state index contributed by atoms with van der Waals surface area (Å²) in [5, 5.41) is 3.23. The van der Waals surface area contributed by atoms with E-state index in [0.717, 1.165) is 31.6 Å². The minimum absolute atomic E-state index is 0.505. The summed E-state index contributed by atoms with van der Waals surface area (Å²) in [6.45, 7) is 19.8. The fourth-order valence-corrected chi connectivity index (χ4v) is 3.56. The maximum Gasteiger partial charge on any atom is 0.0461 e. The lowest BCUT2D eigenvalue weighted by atomic mass is 9.93. The predicted molar refractivity (Wildman–Crippen MR) is 107 cm³/mol. The fourth-order valence-electron chi connectivity index (χ4n) is 3.56. The second-order valence-corrected chi connectivity index (χ2v) is 6.18. The third-order valence-corrected chi connectivity index (χ3v) is 4.73. The van der Waals surface area contributed by atoms with Crippen LogP contribution in [0.25, 0.3) is 0 Å². The van der Waals surface area contributed by atoms with Gasteiger partial charge in [-0.2, -0.15) is 0 Å². The molecule has 3 heteroatoms. The number of hydrogen-bond acceptors (Lipinski definition) is 3. The molecule has 2 atom stereocenters. The van der Waals surface area contributed by atoms with Crippen LogP contribution < -0.4 is 5.32 Å². The van der Waals surface area contributed by atoms with Gasteiger partial charge in [0.1, 0.15) is 0 Å². The lowest BCUT2D eigenvalue weighted by molar-refractivity contribution is 0.273. The summed E-state index contributed by atoms with van der Waals surface area (Å²) in [4.78, 5) is 6.93. The van der Waals surface area contributed by atoms with E-state index in [4.69, 9.17) is 0 Å². The van der Waals surface area contributed by atoms with Gasteiger partial charge in [0.25, 0.3) is 0 Å². The van der Waals surface area contributed by atoms with Gasteiger partial charge < -0.3 is 10.2 Å². The van der Waals surface area contributed by atoms with E-state index >= 15 is 0 Å². The van der Waals surface area contributed by atoms with E-state index in [-0.39, 0.29) is 0 Å². The Kier molecular flexibility index (Phi) is 8.92. The van der Waals surface area contributed by atoms with E-state index in [9.17, 15) is 0 Å². The molecule has 0 radical (unpaired) electrons. The topological polar surface area (TPSA) is 27.6 Å². The summed E-state index contributed by atoms with van der Waals surface area (Å²) in [7, 11) is 0. The highest BCUT2D eigenvalue weighted by Crippen LogP contribution is 2.33. The highest BCUT2D eigenvalue weighted by molar-refractivity contribution is 6.01. The van der Waals surface area contributed by atoms with Crippen molar-refractivity contribution in [2.75, 3.05) is 13.1 Å². The van der Waals surface area contributed by atoms with Gasteiger partial charge in [0.05, 0.1) is 0 Å². The fraction of sp³-hybridized carbons (Fsp3) is 0.476. The van der Waals surface area contributed by atoms with Crippen molar-refractivity contribution in [3.05, 3.63) is 61.6 Å². The monoisotopic (exact) mass is 327 g/mol. The van der Waals surface area contributed by atoms with E-state index in [1.165, 1.54) is 17.7 Å². The highest BCUT2D eigenvalue weighted by atomic mass is 15.2. The molecule has 1 aliphatic heterocycles. The van der Waals surface area contributed by atoms with Crippen molar-refractivity contribution in [3.8, 4) is 0 Å². The molecule has 0 aromatic heterocycles. The van der Waals surface area contributed by atoms with Gasteiger partial charge in [-0.25, -0.2) is 0 Å². The molecule has 0 saturated carbocycles. The van der Waals surface area contributed by atoms with Gasteiger partial charge in [0, 0.05) is 42.3 Å². The minimum Gasteiger partial charge on any atom is -0.391 e. The van der Waals surface area contributed by atoms with Gasteiger partial charge in [-0.05, 0) is 52.2 Å². The molecule has 0 aromatic rings. The zero-order valence-electron chi connectivity index (χ0n) is 15.6. The van der Waals surface area contributed by atoms with Gasteiger partial charge >= 0.3 is 0 Å². The first-order valence-electron chi connectivity index (χ1n) is 8.81. The number of nitrogens with zero attached hydrogens (tertiary/aromatic N) is 2. The Hall–Kier alpha value is -2.03. The maximum atomic E-state index is 4.39. The van der Waals surface area contributed by atoms with Gasteiger partial charge in [-0.1, -0.05) is 31.4 Å². The van der Waals surface area contributed by atoms with Crippen molar-refractivity contribution in [3.63, 3.8) is 0 Å². The normalized spacial score (nSPS) is 22.5. The molecule has 1 heterocycles. The van der Waals surface area contributed by atoms with Crippen LogP contribution in [0.2, 0.25) is 0 Å². The second-order valence-electron chi connectivity index (χ2n) is 6.18. The van der Waals surface area contributed by atoms with Crippen LogP contribution in [-0.2, 0) is 0 Å². The van der Waals surface area contributed by atoms with E-state index in [1.807, 2.05) is 19.9 Å². The van der Waals surface area contributed by atoms with Gasteiger partial charge in [0.15, 0.2) is 0 Å². The number of nitrogens with one attached hydrogen (secondary N) is 1.